The Labute approximate surface area is 143 Å². The van der Waals surface area contributed by atoms with Crippen molar-refractivity contribution < 1.29 is 4.79 Å². The molecule has 0 spiro atoms. The maximum absolute atomic E-state index is 12.3. The van der Waals surface area contributed by atoms with E-state index in [9.17, 15) is 4.79 Å². The summed E-state index contributed by atoms with van der Waals surface area (Å²) in [6.07, 6.45) is 4.40. The van der Waals surface area contributed by atoms with Gasteiger partial charge in [-0.15, -0.1) is 0 Å². The molecule has 0 aliphatic rings. The van der Waals surface area contributed by atoms with Crippen molar-refractivity contribution in [2.24, 2.45) is 0 Å². The van der Waals surface area contributed by atoms with Crippen LogP contribution in [0.5, 0.6) is 0 Å². The van der Waals surface area contributed by atoms with Gasteiger partial charge in [-0.25, -0.2) is 4.98 Å². The van der Waals surface area contributed by atoms with Crippen LogP contribution >= 0.6 is 23.2 Å². The number of anilines is 1. The summed E-state index contributed by atoms with van der Waals surface area (Å²) in [6, 6.07) is 12.8. The number of carbonyl (C=O) groups excluding carboxylic acids is 1. The number of hydrogen-bond acceptors (Lipinski definition) is 3. The highest BCUT2D eigenvalue weighted by molar-refractivity contribution is 6.42. The highest BCUT2D eigenvalue weighted by Crippen LogP contribution is 2.32. The maximum Gasteiger partial charge on any atom is 0.275 e. The summed E-state index contributed by atoms with van der Waals surface area (Å²) >= 11 is 12.0. The molecule has 0 bridgehead atoms. The number of aromatic nitrogens is 2. The summed E-state index contributed by atoms with van der Waals surface area (Å²) in [6.45, 7) is 0. The van der Waals surface area contributed by atoms with Crippen molar-refractivity contribution >= 4 is 34.8 Å². The third-order valence-electron chi connectivity index (χ3n) is 3.20. The van der Waals surface area contributed by atoms with Crippen LogP contribution in [-0.2, 0) is 0 Å². The number of halogens is 2. The number of nitrogens with zero attached hydrogens (tertiary/aromatic N) is 2. The van der Waals surface area contributed by atoms with Crippen LogP contribution in [-0.4, -0.2) is 15.9 Å². The lowest BCUT2D eigenvalue weighted by Crippen LogP contribution is -2.14. The zero-order valence-electron chi connectivity index (χ0n) is 11.8. The van der Waals surface area contributed by atoms with Gasteiger partial charge in [-0.3, -0.25) is 9.78 Å². The molecule has 1 aromatic heterocycles. The molecule has 0 atom stereocenters. The summed E-state index contributed by atoms with van der Waals surface area (Å²) in [5, 5.41) is 3.78. The molecule has 1 amide bonds. The molecule has 0 saturated carbocycles. The van der Waals surface area contributed by atoms with E-state index in [1.807, 2.05) is 30.3 Å². The second-order valence-corrected chi connectivity index (χ2v) is 5.53. The zero-order valence-corrected chi connectivity index (χ0v) is 13.3. The fourth-order valence-corrected chi connectivity index (χ4v) is 2.41. The fourth-order valence-electron chi connectivity index (χ4n) is 2.11. The number of hydrogen-bond donors (Lipinski definition) is 1. The Kier molecular flexibility index (Phi) is 4.55. The van der Waals surface area contributed by atoms with Gasteiger partial charge in [0.1, 0.15) is 5.69 Å². The van der Waals surface area contributed by atoms with Crippen LogP contribution in [0.4, 0.5) is 5.69 Å². The van der Waals surface area contributed by atoms with Crippen molar-refractivity contribution in [1.82, 2.24) is 9.97 Å². The van der Waals surface area contributed by atoms with E-state index in [0.717, 1.165) is 11.1 Å². The highest BCUT2D eigenvalue weighted by atomic mass is 35.5. The van der Waals surface area contributed by atoms with Crippen LogP contribution < -0.4 is 5.32 Å². The molecule has 3 rings (SSSR count). The van der Waals surface area contributed by atoms with Crippen molar-refractivity contribution in [1.29, 1.82) is 0 Å². The van der Waals surface area contributed by atoms with Crippen molar-refractivity contribution in [2.45, 2.75) is 0 Å². The SMILES string of the molecule is O=C(Nc1ccccc1-c1ccc(Cl)c(Cl)c1)c1cnccn1. The number of nitrogens with one attached hydrogen (secondary N) is 1. The molecule has 23 heavy (non-hydrogen) atoms. The van der Waals surface area contributed by atoms with E-state index in [0.29, 0.717) is 15.7 Å². The van der Waals surface area contributed by atoms with Gasteiger partial charge in [0.05, 0.1) is 16.2 Å². The summed E-state index contributed by atoms with van der Waals surface area (Å²) < 4.78 is 0. The Morgan fingerprint density at radius 2 is 1.83 bits per heavy atom. The zero-order chi connectivity index (χ0) is 16.2. The van der Waals surface area contributed by atoms with Gasteiger partial charge in [0.2, 0.25) is 0 Å². The normalized spacial score (nSPS) is 10.3. The molecule has 2 aromatic carbocycles. The minimum absolute atomic E-state index is 0.247. The largest absolute Gasteiger partial charge is 0.320 e. The first-order valence-corrected chi connectivity index (χ1v) is 7.52. The smallest absolute Gasteiger partial charge is 0.275 e. The molecular formula is C17H11Cl2N3O. The molecule has 4 nitrogen and oxygen atoms in total. The lowest BCUT2D eigenvalue weighted by molar-refractivity contribution is 0.102. The van der Waals surface area contributed by atoms with Crippen molar-refractivity contribution in [3.05, 3.63) is 76.8 Å². The van der Waals surface area contributed by atoms with E-state index in [1.54, 1.807) is 12.1 Å². The number of carbonyl (C=O) groups is 1. The van der Waals surface area contributed by atoms with E-state index in [2.05, 4.69) is 15.3 Å². The lowest BCUT2D eigenvalue weighted by Gasteiger charge is -2.11. The van der Waals surface area contributed by atoms with Gasteiger partial charge >= 0.3 is 0 Å². The molecule has 0 fully saturated rings. The van der Waals surface area contributed by atoms with Gasteiger partial charge in [0.25, 0.3) is 5.91 Å². The van der Waals surface area contributed by atoms with Gasteiger partial charge < -0.3 is 5.32 Å². The van der Waals surface area contributed by atoms with Crippen molar-refractivity contribution in [2.75, 3.05) is 5.32 Å². The van der Waals surface area contributed by atoms with E-state index in [-0.39, 0.29) is 11.6 Å². The molecule has 1 N–H and O–H groups in total. The van der Waals surface area contributed by atoms with Gasteiger partial charge in [-0.2, -0.15) is 0 Å². The van der Waals surface area contributed by atoms with Crippen molar-refractivity contribution in [3.8, 4) is 11.1 Å². The molecule has 0 radical (unpaired) electrons. The van der Waals surface area contributed by atoms with Gasteiger partial charge in [-0.05, 0) is 23.8 Å². The number of benzene rings is 2. The van der Waals surface area contributed by atoms with Crippen molar-refractivity contribution in [3.63, 3.8) is 0 Å². The van der Waals surface area contributed by atoms with Gasteiger partial charge in [0.15, 0.2) is 0 Å². The molecule has 0 saturated heterocycles. The van der Waals surface area contributed by atoms with Crippen LogP contribution in [0.15, 0.2) is 61.1 Å². The molecule has 3 aromatic rings. The molecular weight excluding hydrogens is 333 g/mol. The second kappa shape index (κ2) is 6.77. The van der Waals surface area contributed by atoms with E-state index in [4.69, 9.17) is 23.2 Å². The monoisotopic (exact) mass is 343 g/mol. The third kappa shape index (κ3) is 3.50. The Morgan fingerprint density at radius 1 is 1.00 bits per heavy atom. The van der Waals surface area contributed by atoms with Crippen LogP contribution in [0, 0.1) is 0 Å². The average Bonchev–Trinajstić information content (AvgIpc) is 2.59. The van der Waals surface area contributed by atoms with Gasteiger partial charge in [-0.1, -0.05) is 47.5 Å². The number of para-hydroxylation sites is 1. The van der Waals surface area contributed by atoms with E-state index in [1.165, 1.54) is 18.6 Å². The van der Waals surface area contributed by atoms with Gasteiger partial charge in [0, 0.05) is 23.6 Å². The van der Waals surface area contributed by atoms with Crippen LogP contribution in [0.25, 0.3) is 11.1 Å². The summed E-state index contributed by atoms with van der Waals surface area (Å²) in [4.78, 5) is 20.1. The molecule has 6 heteroatoms. The first kappa shape index (κ1) is 15.5. The summed E-state index contributed by atoms with van der Waals surface area (Å²) in [5.41, 5.74) is 2.59. The molecule has 1 heterocycles. The van der Waals surface area contributed by atoms with Crippen LogP contribution in [0.2, 0.25) is 10.0 Å². The second-order valence-electron chi connectivity index (χ2n) is 4.72. The molecule has 0 unspecified atom stereocenters. The molecule has 0 aliphatic carbocycles. The lowest BCUT2D eigenvalue weighted by atomic mass is 10.0. The summed E-state index contributed by atoms with van der Waals surface area (Å²) in [5.74, 6) is -0.328. The van der Waals surface area contributed by atoms with Crippen LogP contribution in [0.3, 0.4) is 0 Å². The van der Waals surface area contributed by atoms with Crippen LogP contribution in [0.1, 0.15) is 10.5 Å². The Bertz CT molecular complexity index is 853. The maximum atomic E-state index is 12.3. The fraction of sp³-hybridized carbons (Fsp3) is 0. The third-order valence-corrected chi connectivity index (χ3v) is 3.94. The van der Waals surface area contributed by atoms with E-state index >= 15 is 0 Å². The molecule has 0 aliphatic heterocycles. The summed E-state index contributed by atoms with van der Waals surface area (Å²) in [7, 11) is 0. The first-order valence-electron chi connectivity index (χ1n) is 6.77. The first-order chi connectivity index (χ1) is 11.1. The minimum atomic E-state index is -0.328. The quantitative estimate of drug-likeness (QED) is 0.749. The predicted octanol–water partition coefficient (Wildman–Crippen LogP) is 4.70. The topological polar surface area (TPSA) is 54.9 Å². The number of rotatable bonds is 3. The Balaban J connectivity index is 1.95. The molecule has 114 valence electrons. The standard InChI is InChI=1S/C17H11Cl2N3O/c18-13-6-5-11(9-14(13)19)12-3-1-2-4-15(12)22-17(23)16-10-20-7-8-21-16/h1-10H,(H,22,23). The average molecular weight is 344 g/mol. The minimum Gasteiger partial charge on any atom is -0.320 e. The highest BCUT2D eigenvalue weighted by Gasteiger charge is 2.12. The Morgan fingerprint density at radius 3 is 2.57 bits per heavy atom. The van der Waals surface area contributed by atoms with E-state index < -0.39 is 0 Å². The number of amides is 1. The Hall–Kier alpha value is -2.43. The predicted molar refractivity (Wildman–Crippen MR) is 91.9 cm³/mol.